The van der Waals surface area contributed by atoms with Gasteiger partial charge in [-0.2, -0.15) is 5.26 Å². The van der Waals surface area contributed by atoms with Crippen molar-refractivity contribution in [2.75, 3.05) is 26.2 Å². The molecule has 134 valence electrons. The zero-order valence-electron chi connectivity index (χ0n) is 16.0. The number of hydrogen-bond donors (Lipinski definition) is 0. The highest BCUT2D eigenvalue weighted by molar-refractivity contribution is 5.75. The van der Waals surface area contributed by atoms with Crippen LogP contribution in [0.3, 0.4) is 0 Å². The van der Waals surface area contributed by atoms with Gasteiger partial charge in [-0.25, -0.2) is 0 Å². The molecule has 0 bridgehead atoms. The molecule has 1 saturated carbocycles. The third kappa shape index (κ3) is 7.83. The van der Waals surface area contributed by atoms with Gasteiger partial charge in [-0.3, -0.25) is 9.69 Å². The lowest BCUT2D eigenvalue weighted by atomic mass is 9.86. The van der Waals surface area contributed by atoms with Crippen molar-refractivity contribution in [2.24, 2.45) is 5.92 Å². The summed E-state index contributed by atoms with van der Waals surface area (Å²) in [5.41, 5.74) is 0. The first-order chi connectivity index (χ1) is 11.2. The van der Waals surface area contributed by atoms with Crippen LogP contribution in [0.2, 0.25) is 0 Å². The zero-order valence-corrected chi connectivity index (χ0v) is 16.0. The standard InChI is InChI=1S/C14H23N3O.C3H8.C2H6/c1-2-14(18)17-9-7-16(8-10-17)13-5-3-12(11-15)4-6-13;1-3-2;1-2/h12-13H,2-10H2,1H3;3H2,1-2H3;1-2H3. The highest BCUT2D eigenvalue weighted by Crippen LogP contribution is 2.27. The quantitative estimate of drug-likeness (QED) is 0.769. The molecule has 0 aromatic carbocycles. The van der Waals surface area contributed by atoms with E-state index in [-0.39, 0.29) is 11.8 Å². The van der Waals surface area contributed by atoms with Crippen molar-refractivity contribution in [2.45, 2.75) is 79.2 Å². The lowest BCUT2D eigenvalue weighted by Gasteiger charge is -2.41. The molecule has 0 aromatic rings. The molecule has 1 aliphatic heterocycles. The molecule has 1 heterocycles. The smallest absolute Gasteiger partial charge is 0.222 e. The maximum absolute atomic E-state index is 11.6. The van der Waals surface area contributed by atoms with E-state index in [2.05, 4.69) is 24.8 Å². The molecule has 2 aliphatic rings. The zero-order chi connectivity index (χ0) is 17.7. The second-order valence-electron chi connectivity index (χ2n) is 6.11. The first-order valence-electron chi connectivity index (χ1n) is 9.57. The number of amides is 1. The highest BCUT2D eigenvalue weighted by atomic mass is 16.2. The fourth-order valence-electron chi connectivity index (χ4n) is 3.13. The topological polar surface area (TPSA) is 47.3 Å². The molecule has 23 heavy (non-hydrogen) atoms. The van der Waals surface area contributed by atoms with Crippen LogP contribution in [-0.4, -0.2) is 47.9 Å². The normalized spacial score (nSPS) is 24.4. The molecule has 2 fully saturated rings. The summed E-state index contributed by atoms with van der Waals surface area (Å²) in [5.74, 6) is 0.562. The van der Waals surface area contributed by atoms with Crippen molar-refractivity contribution in [1.29, 1.82) is 5.26 Å². The fourth-order valence-corrected chi connectivity index (χ4v) is 3.13. The summed E-state index contributed by atoms with van der Waals surface area (Å²) < 4.78 is 0. The summed E-state index contributed by atoms with van der Waals surface area (Å²) in [6.07, 6.45) is 6.28. The van der Waals surface area contributed by atoms with E-state index < -0.39 is 0 Å². The van der Waals surface area contributed by atoms with Gasteiger partial charge in [0.05, 0.1) is 6.07 Å². The number of carbonyl (C=O) groups is 1. The Morgan fingerprint density at radius 1 is 1.00 bits per heavy atom. The molecule has 1 aliphatic carbocycles. The SMILES string of the molecule is CC.CCC.CCC(=O)N1CCN(C2CCC(C#N)CC2)CC1. The Bertz CT molecular complexity index is 335. The van der Waals surface area contributed by atoms with Crippen LogP contribution in [0, 0.1) is 17.2 Å². The third-order valence-electron chi connectivity index (χ3n) is 4.37. The first-order valence-corrected chi connectivity index (χ1v) is 9.57. The number of hydrogen-bond acceptors (Lipinski definition) is 3. The highest BCUT2D eigenvalue weighted by Gasteiger charge is 2.28. The molecule has 0 spiro atoms. The molecule has 4 heteroatoms. The second-order valence-corrected chi connectivity index (χ2v) is 6.11. The van der Waals surface area contributed by atoms with E-state index in [0.29, 0.717) is 12.5 Å². The van der Waals surface area contributed by atoms with Crippen LogP contribution in [0.25, 0.3) is 0 Å². The van der Waals surface area contributed by atoms with Crippen LogP contribution < -0.4 is 0 Å². The number of nitrogens with zero attached hydrogens (tertiary/aromatic N) is 3. The summed E-state index contributed by atoms with van der Waals surface area (Å²) >= 11 is 0. The second kappa shape index (κ2) is 13.4. The Kier molecular flexibility index (Phi) is 12.7. The van der Waals surface area contributed by atoms with Gasteiger partial charge in [0, 0.05) is 44.6 Å². The van der Waals surface area contributed by atoms with Gasteiger partial charge in [0.15, 0.2) is 0 Å². The minimum atomic E-state index is 0.280. The molecular formula is C19H37N3O. The van der Waals surface area contributed by atoms with Crippen molar-refractivity contribution < 1.29 is 4.79 Å². The van der Waals surface area contributed by atoms with Crippen molar-refractivity contribution in [1.82, 2.24) is 9.80 Å². The Hall–Kier alpha value is -1.08. The number of carbonyl (C=O) groups excluding carboxylic acids is 1. The van der Waals surface area contributed by atoms with Gasteiger partial charge in [0.1, 0.15) is 0 Å². The maximum atomic E-state index is 11.6. The van der Waals surface area contributed by atoms with E-state index in [0.717, 1.165) is 51.9 Å². The van der Waals surface area contributed by atoms with E-state index in [1.165, 1.54) is 6.42 Å². The first kappa shape index (κ1) is 21.9. The van der Waals surface area contributed by atoms with Crippen molar-refractivity contribution in [3.63, 3.8) is 0 Å². The average Bonchev–Trinajstić information content (AvgIpc) is 2.63. The number of piperazine rings is 1. The molecule has 0 aromatic heterocycles. The Morgan fingerprint density at radius 3 is 1.87 bits per heavy atom. The van der Waals surface area contributed by atoms with Crippen LogP contribution in [0.4, 0.5) is 0 Å². The Morgan fingerprint density at radius 2 is 1.48 bits per heavy atom. The van der Waals surface area contributed by atoms with Gasteiger partial charge in [0.25, 0.3) is 0 Å². The van der Waals surface area contributed by atoms with Gasteiger partial charge < -0.3 is 4.90 Å². The van der Waals surface area contributed by atoms with E-state index in [9.17, 15) is 4.79 Å². The van der Waals surface area contributed by atoms with Gasteiger partial charge >= 0.3 is 0 Å². The average molecular weight is 324 g/mol. The fraction of sp³-hybridized carbons (Fsp3) is 0.895. The van der Waals surface area contributed by atoms with E-state index >= 15 is 0 Å². The summed E-state index contributed by atoms with van der Waals surface area (Å²) in [6, 6.07) is 3.03. The summed E-state index contributed by atoms with van der Waals surface area (Å²) in [7, 11) is 0. The van der Waals surface area contributed by atoms with Crippen LogP contribution >= 0.6 is 0 Å². The van der Waals surface area contributed by atoms with Crippen molar-refractivity contribution in [3.8, 4) is 6.07 Å². The van der Waals surface area contributed by atoms with E-state index in [1.807, 2.05) is 25.7 Å². The lowest BCUT2D eigenvalue weighted by molar-refractivity contribution is -0.133. The minimum absolute atomic E-state index is 0.280. The lowest BCUT2D eigenvalue weighted by Crippen LogP contribution is -2.52. The molecule has 0 atom stereocenters. The van der Waals surface area contributed by atoms with Crippen molar-refractivity contribution in [3.05, 3.63) is 0 Å². The summed E-state index contributed by atoms with van der Waals surface area (Å²) in [5, 5.41) is 8.90. The van der Waals surface area contributed by atoms with Crippen LogP contribution in [-0.2, 0) is 4.79 Å². The molecule has 0 radical (unpaired) electrons. The minimum Gasteiger partial charge on any atom is -0.340 e. The monoisotopic (exact) mass is 323 g/mol. The van der Waals surface area contributed by atoms with Gasteiger partial charge in [-0.15, -0.1) is 0 Å². The predicted octanol–water partition coefficient (Wildman–Crippen LogP) is 4.07. The summed E-state index contributed by atoms with van der Waals surface area (Å²) in [6.45, 7) is 14.0. The molecular weight excluding hydrogens is 286 g/mol. The molecule has 1 amide bonds. The van der Waals surface area contributed by atoms with Crippen molar-refractivity contribution >= 4 is 5.91 Å². The van der Waals surface area contributed by atoms with Crippen LogP contribution in [0.15, 0.2) is 0 Å². The van der Waals surface area contributed by atoms with Gasteiger partial charge in [0.2, 0.25) is 5.91 Å². The Balaban J connectivity index is 0.000000868. The van der Waals surface area contributed by atoms with E-state index in [1.54, 1.807) is 0 Å². The third-order valence-corrected chi connectivity index (χ3v) is 4.37. The number of rotatable bonds is 2. The van der Waals surface area contributed by atoms with Crippen LogP contribution in [0.1, 0.15) is 73.1 Å². The van der Waals surface area contributed by atoms with Gasteiger partial charge in [-0.1, -0.05) is 41.0 Å². The molecule has 1 saturated heterocycles. The van der Waals surface area contributed by atoms with E-state index in [4.69, 9.17) is 5.26 Å². The molecule has 2 rings (SSSR count). The predicted molar refractivity (Wildman–Crippen MR) is 97.1 cm³/mol. The molecule has 0 unspecified atom stereocenters. The number of nitriles is 1. The Labute approximate surface area is 143 Å². The maximum Gasteiger partial charge on any atom is 0.222 e. The molecule has 4 nitrogen and oxygen atoms in total. The van der Waals surface area contributed by atoms with Gasteiger partial charge in [-0.05, 0) is 25.7 Å². The van der Waals surface area contributed by atoms with Crippen LogP contribution in [0.5, 0.6) is 0 Å². The largest absolute Gasteiger partial charge is 0.340 e. The molecule has 0 N–H and O–H groups in total. The summed E-state index contributed by atoms with van der Waals surface area (Å²) in [4.78, 5) is 16.1.